The van der Waals surface area contributed by atoms with Crippen molar-refractivity contribution in [2.24, 2.45) is 0 Å². The molecule has 0 aliphatic rings. The van der Waals surface area contributed by atoms with Gasteiger partial charge in [0, 0.05) is 25.6 Å². The number of amides is 2. The van der Waals surface area contributed by atoms with Gasteiger partial charge in [-0.25, -0.2) is 8.42 Å². The zero-order valence-corrected chi connectivity index (χ0v) is 27.7. The second-order valence-electron chi connectivity index (χ2n) is 11.0. The topological polar surface area (TPSA) is 105 Å². The van der Waals surface area contributed by atoms with Crippen molar-refractivity contribution < 1.29 is 27.5 Å². The van der Waals surface area contributed by atoms with E-state index >= 15 is 0 Å². The Morgan fingerprint density at radius 3 is 2.02 bits per heavy atom. The molecule has 0 aliphatic heterocycles. The Morgan fingerprint density at radius 1 is 0.804 bits per heavy atom. The molecule has 0 heterocycles. The van der Waals surface area contributed by atoms with Gasteiger partial charge in [0.15, 0.2) is 0 Å². The molecule has 0 aliphatic carbocycles. The molecular weight excluding hydrogens is 602 g/mol. The second kappa shape index (κ2) is 15.4. The van der Waals surface area contributed by atoms with Crippen LogP contribution in [0, 0.1) is 13.8 Å². The maximum atomic E-state index is 14.6. The van der Waals surface area contributed by atoms with Crippen molar-refractivity contribution in [2.75, 3.05) is 31.6 Å². The summed E-state index contributed by atoms with van der Waals surface area (Å²) in [5.41, 5.74) is 3.72. The summed E-state index contributed by atoms with van der Waals surface area (Å²) in [5.74, 6) is -0.279. The molecule has 0 radical (unpaired) electrons. The quantitative estimate of drug-likeness (QED) is 0.200. The first-order chi connectivity index (χ1) is 22.1. The molecule has 9 nitrogen and oxygen atoms in total. The summed E-state index contributed by atoms with van der Waals surface area (Å²) < 4.78 is 40.7. The fourth-order valence-electron chi connectivity index (χ4n) is 5.08. The minimum Gasteiger partial charge on any atom is -0.497 e. The number of aryl methyl sites for hydroxylation is 2. The van der Waals surface area contributed by atoms with Gasteiger partial charge in [-0.2, -0.15) is 0 Å². The Kier molecular flexibility index (Phi) is 11.4. The molecule has 1 atom stereocenters. The van der Waals surface area contributed by atoms with Gasteiger partial charge in [-0.15, -0.1) is 0 Å². The number of hydrogen-bond acceptors (Lipinski definition) is 6. The van der Waals surface area contributed by atoms with E-state index in [-0.39, 0.29) is 35.2 Å². The second-order valence-corrected chi connectivity index (χ2v) is 12.8. The molecular formula is C36H41N3O6S. The van der Waals surface area contributed by atoms with Crippen LogP contribution in [0.25, 0.3) is 0 Å². The molecule has 4 aromatic carbocycles. The summed E-state index contributed by atoms with van der Waals surface area (Å²) in [7, 11) is -1.40. The highest BCUT2D eigenvalue weighted by Crippen LogP contribution is 2.36. The van der Waals surface area contributed by atoms with E-state index in [1.165, 1.54) is 37.3 Å². The summed E-state index contributed by atoms with van der Waals surface area (Å²) in [4.78, 5) is 29.7. The number of carbonyl (C=O) groups is 2. The van der Waals surface area contributed by atoms with Crippen molar-refractivity contribution in [3.05, 3.63) is 119 Å². The number of rotatable bonds is 14. The third-order valence-electron chi connectivity index (χ3n) is 7.64. The molecule has 46 heavy (non-hydrogen) atoms. The van der Waals surface area contributed by atoms with E-state index in [1.807, 2.05) is 75.4 Å². The normalized spacial score (nSPS) is 11.8. The lowest BCUT2D eigenvalue weighted by Crippen LogP contribution is -2.53. The molecule has 0 spiro atoms. The third-order valence-corrected chi connectivity index (χ3v) is 9.41. The lowest BCUT2D eigenvalue weighted by Gasteiger charge is -2.34. The van der Waals surface area contributed by atoms with Gasteiger partial charge >= 0.3 is 0 Å². The van der Waals surface area contributed by atoms with Gasteiger partial charge in [-0.3, -0.25) is 13.9 Å². The SMILES string of the molecule is CCNC(=O)C(Cc1ccccc1)N(Cc1ccc(C)cc1)C(=O)CN(c1cc(OC)ccc1OC)S(=O)(=O)c1ccc(C)cc1. The smallest absolute Gasteiger partial charge is 0.264 e. The average Bonchev–Trinajstić information content (AvgIpc) is 3.06. The minimum absolute atomic E-state index is 0.00502. The maximum Gasteiger partial charge on any atom is 0.264 e. The molecule has 4 rings (SSSR count). The van der Waals surface area contributed by atoms with E-state index in [0.29, 0.717) is 12.3 Å². The van der Waals surface area contributed by atoms with Crippen LogP contribution in [-0.2, 0) is 32.6 Å². The van der Waals surface area contributed by atoms with E-state index in [4.69, 9.17) is 9.47 Å². The van der Waals surface area contributed by atoms with Crippen LogP contribution in [0.1, 0.15) is 29.2 Å². The zero-order valence-electron chi connectivity index (χ0n) is 26.9. The molecule has 0 aromatic heterocycles. The number of ether oxygens (including phenoxy) is 2. The Labute approximate surface area is 271 Å². The highest BCUT2D eigenvalue weighted by molar-refractivity contribution is 7.92. The van der Waals surface area contributed by atoms with Gasteiger partial charge < -0.3 is 19.7 Å². The van der Waals surface area contributed by atoms with Crippen LogP contribution in [0.4, 0.5) is 5.69 Å². The number of carbonyl (C=O) groups excluding carboxylic acids is 2. The molecule has 1 unspecified atom stereocenters. The predicted molar refractivity (Wildman–Crippen MR) is 180 cm³/mol. The summed E-state index contributed by atoms with van der Waals surface area (Å²) in [6.45, 7) is 5.49. The van der Waals surface area contributed by atoms with E-state index in [0.717, 1.165) is 26.6 Å². The molecule has 4 aromatic rings. The van der Waals surface area contributed by atoms with Crippen molar-refractivity contribution in [2.45, 2.75) is 44.7 Å². The van der Waals surface area contributed by atoms with Gasteiger partial charge in [0.2, 0.25) is 11.8 Å². The molecule has 1 N–H and O–H groups in total. The zero-order chi connectivity index (χ0) is 33.3. The highest BCUT2D eigenvalue weighted by atomic mass is 32.2. The van der Waals surface area contributed by atoms with Crippen molar-refractivity contribution in [1.82, 2.24) is 10.2 Å². The lowest BCUT2D eigenvalue weighted by atomic mass is 10.0. The number of nitrogens with zero attached hydrogens (tertiary/aromatic N) is 2. The fourth-order valence-corrected chi connectivity index (χ4v) is 6.50. The average molecular weight is 644 g/mol. The van der Waals surface area contributed by atoms with Crippen LogP contribution >= 0.6 is 0 Å². The Balaban J connectivity index is 1.85. The largest absolute Gasteiger partial charge is 0.497 e. The summed E-state index contributed by atoms with van der Waals surface area (Å²) in [5, 5.41) is 2.87. The van der Waals surface area contributed by atoms with E-state index < -0.39 is 28.5 Å². The maximum absolute atomic E-state index is 14.6. The number of sulfonamides is 1. The Bertz CT molecular complexity index is 1730. The predicted octanol–water partition coefficient (Wildman–Crippen LogP) is 5.29. The monoisotopic (exact) mass is 643 g/mol. The van der Waals surface area contributed by atoms with Crippen molar-refractivity contribution >= 4 is 27.5 Å². The third kappa shape index (κ3) is 8.25. The molecule has 2 amide bonds. The van der Waals surface area contributed by atoms with Crippen LogP contribution in [0.3, 0.4) is 0 Å². The molecule has 0 saturated heterocycles. The first-order valence-corrected chi connectivity index (χ1v) is 16.5. The highest BCUT2D eigenvalue weighted by Gasteiger charge is 2.35. The molecule has 0 fully saturated rings. The van der Waals surface area contributed by atoms with Crippen LogP contribution in [0.15, 0.2) is 102 Å². The molecule has 0 bridgehead atoms. The fraction of sp³-hybridized carbons (Fsp3) is 0.278. The lowest BCUT2D eigenvalue weighted by molar-refractivity contribution is -0.140. The van der Waals surface area contributed by atoms with Crippen LogP contribution in [0.2, 0.25) is 0 Å². The van der Waals surface area contributed by atoms with Crippen LogP contribution < -0.4 is 19.1 Å². The van der Waals surface area contributed by atoms with Gasteiger partial charge in [-0.1, -0.05) is 77.9 Å². The van der Waals surface area contributed by atoms with Gasteiger partial charge in [-0.05, 0) is 56.2 Å². The van der Waals surface area contributed by atoms with Crippen LogP contribution in [-0.4, -0.2) is 58.5 Å². The minimum atomic E-state index is -4.30. The number of likely N-dealkylation sites (N-methyl/N-ethyl adjacent to an activating group) is 1. The summed E-state index contributed by atoms with van der Waals surface area (Å²) in [6, 6.07) is 27.4. The summed E-state index contributed by atoms with van der Waals surface area (Å²) in [6.07, 6.45) is 0.234. The summed E-state index contributed by atoms with van der Waals surface area (Å²) >= 11 is 0. The first kappa shape index (κ1) is 34.1. The van der Waals surface area contributed by atoms with E-state index in [2.05, 4.69) is 5.32 Å². The standard InChI is InChI=1S/C36H41N3O6S/c1-6-37-36(41)33(22-28-10-8-7-9-11-28)38(24-29-16-12-26(2)13-17-29)35(40)25-39(32-23-30(44-4)18-21-34(32)45-5)46(42,43)31-19-14-27(3)15-20-31/h7-21,23,33H,6,22,24-25H2,1-5H3,(H,37,41). The van der Waals surface area contributed by atoms with Crippen molar-refractivity contribution in [3.63, 3.8) is 0 Å². The number of benzene rings is 4. The molecule has 10 heteroatoms. The first-order valence-electron chi connectivity index (χ1n) is 15.1. The van der Waals surface area contributed by atoms with E-state index in [1.54, 1.807) is 24.3 Å². The molecule has 242 valence electrons. The van der Waals surface area contributed by atoms with Gasteiger partial charge in [0.05, 0.1) is 24.8 Å². The number of methoxy groups -OCH3 is 2. The Morgan fingerprint density at radius 2 is 1.43 bits per heavy atom. The van der Waals surface area contributed by atoms with Crippen molar-refractivity contribution in [1.29, 1.82) is 0 Å². The number of nitrogens with one attached hydrogen (secondary N) is 1. The van der Waals surface area contributed by atoms with Crippen molar-refractivity contribution in [3.8, 4) is 11.5 Å². The Hall–Kier alpha value is -4.83. The van der Waals surface area contributed by atoms with E-state index in [9.17, 15) is 18.0 Å². The van der Waals surface area contributed by atoms with Gasteiger partial charge in [0.1, 0.15) is 24.1 Å². The molecule has 0 saturated carbocycles. The number of anilines is 1. The van der Waals surface area contributed by atoms with Crippen LogP contribution in [0.5, 0.6) is 11.5 Å². The number of hydrogen-bond donors (Lipinski definition) is 1. The van der Waals surface area contributed by atoms with Gasteiger partial charge in [0.25, 0.3) is 10.0 Å².